The third-order valence-corrected chi connectivity index (χ3v) is 2.64. The molecule has 0 amide bonds. The molecule has 0 aromatic carbocycles. The summed E-state index contributed by atoms with van der Waals surface area (Å²) < 4.78 is 21.7. The maximum Gasteiger partial charge on any atom is 0.184 e. The van der Waals surface area contributed by atoms with Gasteiger partial charge >= 0.3 is 0 Å². The molecule has 3 heteroatoms. The highest BCUT2D eigenvalue weighted by molar-refractivity contribution is 7.95. The number of sulfone groups is 1. The topological polar surface area (TPSA) is 34.1 Å². The predicted octanol–water partition coefficient (Wildman–Crippen LogP) is 0.957. The SMILES string of the molecule is C=CS(=O)(=O)C(C)C#CC. The third-order valence-electron chi connectivity index (χ3n) is 1.07. The lowest BCUT2D eigenvalue weighted by Gasteiger charge is -1.98. The first-order valence-corrected chi connectivity index (χ1v) is 4.44. The van der Waals surface area contributed by atoms with Crippen molar-refractivity contribution in [1.82, 2.24) is 0 Å². The highest BCUT2D eigenvalue weighted by atomic mass is 32.2. The van der Waals surface area contributed by atoms with Crippen LogP contribution in [0.3, 0.4) is 0 Å². The van der Waals surface area contributed by atoms with Crippen molar-refractivity contribution in [2.75, 3.05) is 0 Å². The van der Waals surface area contributed by atoms with Crippen molar-refractivity contribution >= 4 is 9.84 Å². The molecule has 2 nitrogen and oxygen atoms in total. The van der Waals surface area contributed by atoms with E-state index in [9.17, 15) is 8.42 Å². The van der Waals surface area contributed by atoms with Crippen LogP contribution in [0.2, 0.25) is 0 Å². The van der Waals surface area contributed by atoms with Crippen LogP contribution in [0, 0.1) is 11.8 Å². The van der Waals surface area contributed by atoms with Crippen molar-refractivity contribution in [2.45, 2.75) is 19.1 Å². The minimum Gasteiger partial charge on any atom is -0.223 e. The van der Waals surface area contributed by atoms with Gasteiger partial charge in [-0.05, 0) is 13.8 Å². The summed E-state index contributed by atoms with van der Waals surface area (Å²) in [5.74, 6) is 5.06. The summed E-state index contributed by atoms with van der Waals surface area (Å²) in [4.78, 5) is 0. The fourth-order valence-corrected chi connectivity index (χ4v) is 1.00. The second kappa shape index (κ2) is 3.43. The number of hydrogen-bond donors (Lipinski definition) is 0. The fraction of sp³-hybridized carbons (Fsp3) is 0.429. The Morgan fingerprint density at radius 2 is 2.10 bits per heavy atom. The second-order valence-corrected chi connectivity index (χ2v) is 4.01. The minimum atomic E-state index is -3.17. The highest BCUT2D eigenvalue weighted by Gasteiger charge is 2.12. The lowest BCUT2D eigenvalue weighted by Crippen LogP contribution is -2.11. The molecular weight excluding hydrogens is 148 g/mol. The first kappa shape index (κ1) is 9.25. The van der Waals surface area contributed by atoms with Gasteiger partial charge in [-0.3, -0.25) is 0 Å². The van der Waals surface area contributed by atoms with Crippen LogP contribution in [0.1, 0.15) is 13.8 Å². The van der Waals surface area contributed by atoms with Crippen LogP contribution in [-0.2, 0) is 9.84 Å². The molecule has 0 N–H and O–H groups in total. The number of hydrogen-bond acceptors (Lipinski definition) is 2. The van der Waals surface area contributed by atoms with Gasteiger partial charge in [-0.25, -0.2) is 8.42 Å². The summed E-state index contributed by atoms with van der Waals surface area (Å²) >= 11 is 0. The van der Waals surface area contributed by atoms with Crippen LogP contribution in [0.25, 0.3) is 0 Å². The Balaban J connectivity index is 4.61. The van der Waals surface area contributed by atoms with Crippen LogP contribution in [0.4, 0.5) is 0 Å². The molecule has 0 aliphatic heterocycles. The molecule has 0 radical (unpaired) electrons. The molecule has 0 rings (SSSR count). The number of rotatable bonds is 2. The summed E-state index contributed by atoms with van der Waals surface area (Å²) in [5, 5.41) is 0.303. The Kier molecular flexibility index (Phi) is 3.17. The van der Waals surface area contributed by atoms with E-state index in [1.54, 1.807) is 6.92 Å². The molecule has 0 saturated carbocycles. The van der Waals surface area contributed by atoms with Crippen LogP contribution in [0.5, 0.6) is 0 Å². The Morgan fingerprint density at radius 3 is 2.40 bits per heavy atom. The smallest absolute Gasteiger partial charge is 0.184 e. The van der Waals surface area contributed by atoms with E-state index in [0.717, 1.165) is 5.41 Å². The van der Waals surface area contributed by atoms with Crippen LogP contribution >= 0.6 is 0 Å². The molecule has 0 aliphatic carbocycles. The van der Waals surface area contributed by atoms with Gasteiger partial charge in [0.25, 0.3) is 0 Å². The van der Waals surface area contributed by atoms with E-state index in [2.05, 4.69) is 18.4 Å². The molecule has 56 valence electrons. The van der Waals surface area contributed by atoms with Crippen LogP contribution in [0.15, 0.2) is 12.0 Å². The Morgan fingerprint density at radius 1 is 1.60 bits per heavy atom. The molecule has 0 spiro atoms. The van der Waals surface area contributed by atoms with Gasteiger partial charge in [0, 0.05) is 5.41 Å². The zero-order chi connectivity index (χ0) is 8.20. The van der Waals surface area contributed by atoms with Crippen molar-refractivity contribution in [3.8, 4) is 11.8 Å². The molecule has 10 heavy (non-hydrogen) atoms. The summed E-state index contributed by atoms with van der Waals surface area (Å²) in [6.07, 6.45) is 0. The molecule has 0 aromatic heterocycles. The Hall–Kier alpha value is -0.750. The molecule has 0 heterocycles. The molecule has 0 aliphatic rings. The van der Waals surface area contributed by atoms with Gasteiger partial charge in [0.05, 0.1) is 0 Å². The third kappa shape index (κ3) is 2.24. The van der Waals surface area contributed by atoms with Crippen molar-refractivity contribution < 1.29 is 8.42 Å². The zero-order valence-electron chi connectivity index (χ0n) is 6.09. The van der Waals surface area contributed by atoms with Gasteiger partial charge < -0.3 is 0 Å². The quantitative estimate of drug-likeness (QED) is 0.561. The lowest BCUT2D eigenvalue weighted by atomic mass is 10.5. The summed E-state index contributed by atoms with van der Waals surface area (Å²) in [5.41, 5.74) is 0. The molecule has 0 aromatic rings. The van der Waals surface area contributed by atoms with Gasteiger partial charge in [-0.1, -0.05) is 12.5 Å². The largest absolute Gasteiger partial charge is 0.223 e. The Bertz CT molecular complexity index is 264. The zero-order valence-corrected chi connectivity index (χ0v) is 6.90. The van der Waals surface area contributed by atoms with E-state index in [0.29, 0.717) is 0 Å². The lowest BCUT2D eigenvalue weighted by molar-refractivity contribution is 0.601. The van der Waals surface area contributed by atoms with Crippen molar-refractivity contribution in [1.29, 1.82) is 0 Å². The summed E-state index contributed by atoms with van der Waals surface area (Å²) in [6.45, 7) is 6.32. The molecule has 1 atom stereocenters. The van der Waals surface area contributed by atoms with Crippen LogP contribution in [-0.4, -0.2) is 13.7 Å². The van der Waals surface area contributed by atoms with Crippen molar-refractivity contribution in [3.05, 3.63) is 12.0 Å². The molecule has 1 unspecified atom stereocenters. The highest BCUT2D eigenvalue weighted by Crippen LogP contribution is 1.99. The maximum atomic E-state index is 10.9. The first-order valence-electron chi connectivity index (χ1n) is 2.83. The van der Waals surface area contributed by atoms with Gasteiger partial charge in [-0.2, -0.15) is 0 Å². The van der Waals surface area contributed by atoms with Gasteiger partial charge in [-0.15, -0.1) is 5.92 Å². The van der Waals surface area contributed by atoms with E-state index >= 15 is 0 Å². The Labute approximate surface area is 61.9 Å². The van der Waals surface area contributed by atoms with Crippen molar-refractivity contribution in [3.63, 3.8) is 0 Å². The van der Waals surface area contributed by atoms with Gasteiger partial charge in [0.15, 0.2) is 9.84 Å². The molecule has 0 fully saturated rings. The van der Waals surface area contributed by atoms with Crippen LogP contribution < -0.4 is 0 Å². The van der Waals surface area contributed by atoms with E-state index in [1.165, 1.54) is 6.92 Å². The average Bonchev–Trinajstić information content (AvgIpc) is 1.89. The van der Waals surface area contributed by atoms with E-state index in [-0.39, 0.29) is 0 Å². The molecular formula is C7H10O2S. The first-order chi connectivity index (χ1) is 4.54. The molecule has 0 bridgehead atoms. The normalized spacial score (nSPS) is 13.0. The summed E-state index contributed by atoms with van der Waals surface area (Å²) in [6, 6.07) is 0. The van der Waals surface area contributed by atoms with Gasteiger partial charge in [0.1, 0.15) is 5.25 Å². The minimum absolute atomic E-state index is 0.630. The van der Waals surface area contributed by atoms with E-state index in [1.807, 2.05) is 0 Å². The van der Waals surface area contributed by atoms with Crippen molar-refractivity contribution in [2.24, 2.45) is 0 Å². The summed E-state index contributed by atoms with van der Waals surface area (Å²) in [7, 11) is -3.17. The standard InChI is InChI=1S/C7H10O2S/c1-4-6-7(3)10(8,9)5-2/h5,7H,2H2,1,3H3. The fourth-order valence-electron chi connectivity index (χ4n) is 0.430. The van der Waals surface area contributed by atoms with Gasteiger partial charge in [0.2, 0.25) is 0 Å². The predicted molar refractivity (Wildman–Crippen MR) is 42.0 cm³/mol. The molecule has 0 saturated heterocycles. The van der Waals surface area contributed by atoms with E-state index < -0.39 is 15.1 Å². The average molecular weight is 158 g/mol. The van der Waals surface area contributed by atoms with E-state index in [4.69, 9.17) is 0 Å². The maximum absolute atomic E-state index is 10.9. The second-order valence-electron chi connectivity index (χ2n) is 1.79. The monoisotopic (exact) mass is 158 g/mol.